The average Bonchev–Trinajstić information content (AvgIpc) is 2.97. The zero-order valence-corrected chi connectivity index (χ0v) is 11.0. The summed E-state index contributed by atoms with van der Waals surface area (Å²) in [4.78, 5) is 4.40. The van der Waals surface area contributed by atoms with Gasteiger partial charge in [-0.1, -0.05) is 25.0 Å². The largest absolute Gasteiger partial charge is 0.493 e. The molecule has 19 heavy (non-hydrogen) atoms. The van der Waals surface area contributed by atoms with Gasteiger partial charge >= 0.3 is 0 Å². The van der Waals surface area contributed by atoms with Crippen molar-refractivity contribution in [1.29, 1.82) is 0 Å². The lowest BCUT2D eigenvalue weighted by molar-refractivity contribution is 0.251. The molecule has 2 aromatic rings. The number of aliphatic hydroxyl groups excluding tert-OH is 1. The molecule has 0 amide bonds. The Morgan fingerprint density at radius 1 is 1.21 bits per heavy atom. The lowest BCUT2D eigenvalue weighted by atomic mass is 10.1. The molecule has 3 heteroatoms. The van der Waals surface area contributed by atoms with E-state index in [1.165, 1.54) is 25.7 Å². The summed E-state index contributed by atoms with van der Waals surface area (Å²) in [5.74, 6) is 1.53. The number of pyridine rings is 1. The van der Waals surface area contributed by atoms with Gasteiger partial charge in [-0.25, -0.2) is 0 Å². The van der Waals surface area contributed by atoms with Crippen molar-refractivity contribution in [1.82, 2.24) is 4.98 Å². The number of aliphatic hydroxyl groups is 1. The Labute approximate surface area is 113 Å². The number of nitrogens with zero attached hydrogens (tertiary/aromatic N) is 1. The van der Waals surface area contributed by atoms with Gasteiger partial charge in [-0.3, -0.25) is 4.98 Å². The number of benzene rings is 1. The summed E-state index contributed by atoms with van der Waals surface area (Å²) < 4.78 is 5.99. The summed E-state index contributed by atoms with van der Waals surface area (Å²) in [6.45, 7) is 0.726. The van der Waals surface area contributed by atoms with Crippen molar-refractivity contribution >= 4 is 10.9 Å². The van der Waals surface area contributed by atoms with Gasteiger partial charge in [0, 0.05) is 11.5 Å². The van der Waals surface area contributed by atoms with Gasteiger partial charge in [-0.05, 0) is 30.9 Å². The molecule has 1 aliphatic rings. The summed E-state index contributed by atoms with van der Waals surface area (Å²) in [6.07, 6.45) is 5.20. The Morgan fingerprint density at radius 2 is 2.00 bits per heavy atom. The Hall–Kier alpha value is -1.61. The molecular weight excluding hydrogens is 238 g/mol. The van der Waals surface area contributed by atoms with Crippen LogP contribution in [0.1, 0.15) is 31.4 Å². The predicted molar refractivity (Wildman–Crippen MR) is 75.1 cm³/mol. The van der Waals surface area contributed by atoms with Gasteiger partial charge in [0.25, 0.3) is 0 Å². The third kappa shape index (κ3) is 2.71. The van der Waals surface area contributed by atoms with Crippen LogP contribution in [-0.2, 0) is 6.61 Å². The third-order valence-electron chi connectivity index (χ3n) is 3.84. The van der Waals surface area contributed by atoms with Crippen molar-refractivity contribution in [3.05, 3.63) is 36.0 Å². The second kappa shape index (κ2) is 5.57. The molecule has 3 rings (SSSR count). The highest BCUT2D eigenvalue weighted by molar-refractivity contribution is 5.85. The van der Waals surface area contributed by atoms with Crippen molar-refractivity contribution in [2.45, 2.75) is 32.3 Å². The van der Waals surface area contributed by atoms with E-state index >= 15 is 0 Å². The van der Waals surface area contributed by atoms with Crippen LogP contribution < -0.4 is 4.74 Å². The number of rotatable bonds is 4. The first-order valence-electron chi connectivity index (χ1n) is 6.99. The number of hydrogen-bond donors (Lipinski definition) is 1. The maximum Gasteiger partial charge on any atom is 0.130 e. The predicted octanol–water partition coefficient (Wildman–Crippen LogP) is 3.30. The summed E-state index contributed by atoms with van der Waals surface area (Å²) >= 11 is 0. The molecule has 1 fully saturated rings. The van der Waals surface area contributed by atoms with E-state index in [4.69, 9.17) is 4.74 Å². The SMILES string of the molecule is OCc1cc(OCC2CCCC2)c2ccccc2n1. The average molecular weight is 257 g/mol. The molecule has 1 N–H and O–H groups in total. The van der Waals surface area contributed by atoms with Crippen LogP contribution in [0.4, 0.5) is 0 Å². The zero-order chi connectivity index (χ0) is 13.1. The normalized spacial score (nSPS) is 16.1. The van der Waals surface area contributed by atoms with Crippen LogP contribution >= 0.6 is 0 Å². The smallest absolute Gasteiger partial charge is 0.130 e. The van der Waals surface area contributed by atoms with Crippen molar-refractivity contribution in [3.8, 4) is 5.75 Å². The lowest BCUT2D eigenvalue weighted by Crippen LogP contribution is -2.08. The molecule has 0 aliphatic heterocycles. The summed E-state index contributed by atoms with van der Waals surface area (Å²) in [6, 6.07) is 9.78. The van der Waals surface area contributed by atoms with E-state index in [0.29, 0.717) is 11.6 Å². The van der Waals surface area contributed by atoms with Gasteiger partial charge < -0.3 is 9.84 Å². The number of para-hydroxylation sites is 1. The minimum absolute atomic E-state index is 0.0510. The molecule has 0 radical (unpaired) electrons. The van der Waals surface area contributed by atoms with Crippen LogP contribution in [0.25, 0.3) is 10.9 Å². The minimum Gasteiger partial charge on any atom is -0.493 e. The van der Waals surface area contributed by atoms with E-state index in [1.54, 1.807) is 0 Å². The summed E-state index contributed by atoms with van der Waals surface area (Å²) in [5.41, 5.74) is 1.55. The van der Waals surface area contributed by atoms with E-state index < -0.39 is 0 Å². The fourth-order valence-corrected chi connectivity index (χ4v) is 2.78. The van der Waals surface area contributed by atoms with Crippen molar-refractivity contribution in [2.75, 3.05) is 6.61 Å². The van der Waals surface area contributed by atoms with Crippen LogP contribution in [-0.4, -0.2) is 16.7 Å². The summed E-state index contributed by atoms with van der Waals surface area (Å²) in [5, 5.41) is 10.3. The maximum atomic E-state index is 9.28. The van der Waals surface area contributed by atoms with Crippen LogP contribution in [0.3, 0.4) is 0 Å². The van der Waals surface area contributed by atoms with Gasteiger partial charge in [0.15, 0.2) is 0 Å². The third-order valence-corrected chi connectivity index (χ3v) is 3.84. The summed E-state index contributed by atoms with van der Waals surface area (Å²) in [7, 11) is 0. The Bertz CT molecular complexity index is 562. The molecule has 1 aliphatic carbocycles. The number of ether oxygens (including phenoxy) is 1. The van der Waals surface area contributed by atoms with Crippen molar-refractivity contribution in [3.63, 3.8) is 0 Å². The molecule has 0 spiro atoms. The van der Waals surface area contributed by atoms with Gasteiger partial charge in [-0.15, -0.1) is 0 Å². The highest BCUT2D eigenvalue weighted by Gasteiger charge is 2.16. The Morgan fingerprint density at radius 3 is 2.79 bits per heavy atom. The maximum absolute atomic E-state index is 9.28. The number of hydrogen-bond acceptors (Lipinski definition) is 3. The van der Waals surface area contributed by atoms with E-state index in [0.717, 1.165) is 23.3 Å². The van der Waals surface area contributed by atoms with Crippen molar-refractivity contribution < 1.29 is 9.84 Å². The molecular formula is C16H19NO2. The first kappa shape index (κ1) is 12.4. The molecule has 1 aromatic heterocycles. The standard InChI is InChI=1S/C16H19NO2/c18-10-13-9-16(19-11-12-5-1-2-6-12)14-7-3-4-8-15(14)17-13/h3-4,7-9,12,18H,1-2,5-6,10-11H2. The molecule has 1 aromatic carbocycles. The molecule has 0 atom stereocenters. The van der Waals surface area contributed by atoms with E-state index in [9.17, 15) is 5.11 Å². The fraction of sp³-hybridized carbons (Fsp3) is 0.438. The molecule has 1 heterocycles. The molecule has 0 saturated heterocycles. The second-order valence-corrected chi connectivity index (χ2v) is 5.25. The Kier molecular flexibility index (Phi) is 3.65. The van der Waals surface area contributed by atoms with E-state index in [2.05, 4.69) is 4.98 Å². The molecule has 1 saturated carbocycles. The fourth-order valence-electron chi connectivity index (χ4n) is 2.78. The minimum atomic E-state index is -0.0510. The van der Waals surface area contributed by atoms with Gasteiger partial charge in [0.2, 0.25) is 0 Å². The van der Waals surface area contributed by atoms with Crippen molar-refractivity contribution in [2.24, 2.45) is 5.92 Å². The monoisotopic (exact) mass is 257 g/mol. The highest BCUT2D eigenvalue weighted by atomic mass is 16.5. The van der Waals surface area contributed by atoms with Crippen LogP contribution in [0.15, 0.2) is 30.3 Å². The lowest BCUT2D eigenvalue weighted by Gasteiger charge is -2.14. The van der Waals surface area contributed by atoms with Gasteiger partial charge in [0.1, 0.15) is 5.75 Å². The molecule has 100 valence electrons. The van der Waals surface area contributed by atoms with Gasteiger partial charge in [-0.2, -0.15) is 0 Å². The first-order valence-corrected chi connectivity index (χ1v) is 6.99. The number of aromatic nitrogens is 1. The second-order valence-electron chi connectivity index (χ2n) is 5.25. The van der Waals surface area contributed by atoms with E-state index in [-0.39, 0.29) is 6.61 Å². The zero-order valence-electron chi connectivity index (χ0n) is 11.0. The number of fused-ring (bicyclic) bond motifs is 1. The quantitative estimate of drug-likeness (QED) is 0.913. The van der Waals surface area contributed by atoms with Crippen LogP contribution in [0.2, 0.25) is 0 Å². The van der Waals surface area contributed by atoms with Crippen LogP contribution in [0.5, 0.6) is 5.75 Å². The molecule has 3 nitrogen and oxygen atoms in total. The Balaban J connectivity index is 1.87. The highest BCUT2D eigenvalue weighted by Crippen LogP contribution is 2.29. The topological polar surface area (TPSA) is 42.4 Å². The van der Waals surface area contributed by atoms with Gasteiger partial charge in [0.05, 0.1) is 24.4 Å². The van der Waals surface area contributed by atoms with E-state index in [1.807, 2.05) is 30.3 Å². The molecule has 0 unspecified atom stereocenters. The molecule has 0 bridgehead atoms. The van der Waals surface area contributed by atoms with Crippen LogP contribution in [0, 0.1) is 5.92 Å². The first-order chi connectivity index (χ1) is 9.36.